The summed E-state index contributed by atoms with van der Waals surface area (Å²) in [5, 5.41) is 15.7. The summed E-state index contributed by atoms with van der Waals surface area (Å²) in [4.78, 5) is 21.6. The molecule has 6 aromatic rings. The average Bonchev–Trinajstić information content (AvgIpc) is 3.48. The van der Waals surface area contributed by atoms with Gasteiger partial charge in [0.2, 0.25) is 5.91 Å². The summed E-state index contributed by atoms with van der Waals surface area (Å²) >= 11 is 0. The highest BCUT2D eigenvalue weighted by Crippen LogP contribution is 2.43. The van der Waals surface area contributed by atoms with Gasteiger partial charge in [-0.3, -0.25) is 19.9 Å². The van der Waals surface area contributed by atoms with Crippen molar-refractivity contribution in [2.45, 2.75) is 32.2 Å². The third-order valence-corrected chi connectivity index (χ3v) is 8.44. The molecule has 3 N–H and O–H groups in total. The third-order valence-electron chi connectivity index (χ3n) is 8.44. The van der Waals surface area contributed by atoms with Crippen molar-refractivity contribution in [3.63, 3.8) is 0 Å². The van der Waals surface area contributed by atoms with Gasteiger partial charge in [-0.1, -0.05) is 61.9 Å². The SMILES string of the molecule is CCC1Cc2c(cncc2-c2ccc(F)cc2)NC1c1[nH]nc2ccc(-c3cncc(NC(=O)Cc4ccccc4)c3)cc12. The minimum absolute atomic E-state index is 0.000230. The minimum atomic E-state index is -0.253. The summed E-state index contributed by atoms with van der Waals surface area (Å²) in [6.45, 7) is 2.20. The maximum atomic E-state index is 13.6. The van der Waals surface area contributed by atoms with Gasteiger partial charge in [0.05, 0.1) is 47.4 Å². The van der Waals surface area contributed by atoms with Crippen LogP contribution in [0.4, 0.5) is 15.8 Å². The molecular weight excluding hydrogens is 551 g/mol. The van der Waals surface area contributed by atoms with Crippen molar-refractivity contribution in [1.82, 2.24) is 20.2 Å². The summed E-state index contributed by atoms with van der Waals surface area (Å²) in [5.41, 5.74) is 9.53. The van der Waals surface area contributed by atoms with Crippen LogP contribution in [-0.2, 0) is 17.6 Å². The van der Waals surface area contributed by atoms with Crippen LogP contribution in [-0.4, -0.2) is 26.1 Å². The standard InChI is InChI=1S/C36H31FN6O/c1-2-23-16-29-31(24-8-11-27(37)12-9-24)20-39-21-33(29)41-35(23)36-30-17-25(10-13-32(30)42-43-36)26-15-28(19-38-18-26)40-34(44)14-22-6-4-3-5-7-22/h3-13,15,17-21,23,35,41H,2,14,16H2,1H3,(H,40,44)(H,42,43). The van der Waals surface area contributed by atoms with Crippen molar-refractivity contribution in [3.05, 3.63) is 126 Å². The Morgan fingerprint density at radius 1 is 0.909 bits per heavy atom. The molecule has 0 bridgehead atoms. The summed E-state index contributed by atoms with van der Waals surface area (Å²) in [7, 11) is 0. The first-order chi connectivity index (χ1) is 21.6. The molecule has 7 nitrogen and oxygen atoms in total. The van der Waals surface area contributed by atoms with E-state index in [0.29, 0.717) is 18.0 Å². The highest BCUT2D eigenvalue weighted by atomic mass is 19.1. The van der Waals surface area contributed by atoms with Gasteiger partial charge in [0.25, 0.3) is 0 Å². The first-order valence-electron chi connectivity index (χ1n) is 14.8. The van der Waals surface area contributed by atoms with Crippen molar-refractivity contribution in [1.29, 1.82) is 0 Å². The predicted octanol–water partition coefficient (Wildman–Crippen LogP) is 7.74. The van der Waals surface area contributed by atoms with Crippen molar-refractivity contribution in [2.75, 3.05) is 10.6 Å². The van der Waals surface area contributed by atoms with Crippen molar-refractivity contribution < 1.29 is 9.18 Å². The third kappa shape index (κ3) is 5.42. The number of fused-ring (bicyclic) bond motifs is 2. The molecule has 2 unspecified atom stereocenters. The number of pyridine rings is 2. The van der Waals surface area contributed by atoms with Gasteiger partial charge in [-0.2, -0.15) is 5.10 Å². The second kappa shape index (κ2) is 11.7. The summed E-state index contributed by atoms with van der Waals surface area (Å²) in [6.07, 6.45) is 9.31. The number of H-pyrrole nitrogens is 1. The van der Waals surface area contributed by atoms with Gasteiger partial charge in [-0.15, -0.1) is 0 Å². The Kier molecular flexibility index (Phi) is 7.32. The number of hydrogen-bond acceptors (Lipinski definition) is 5. The zero-order valence-electron chi connectivity index (χ0n) is 24.2. The van der Waals surface area contributed by atoms with Crippen molar-refractivity contribution in [2.24, 2.45) is 5.92 Å². The highest BCUT2D eigenvalue weighted by molar-refractivity contribution is 5.93. The molecule has 1 aliphatic rings. The van der Waals surface area contributed by atoms with E-state index in [0.717, 1.165) is 62.9 Å². The lowest BCUT2D eigenvalue weighted by atomic mass is 9.81. The summed E-state index contributed by atoms with van der Waals surface area (Å²) < 4.78 is 13.6. The van der Waals surface area contributed by atoms with Crippen LogP contribution in [0.25, 0.3) is 33.2 Å². The molecule has 0 fully saturated rings. The molecule has 2 atom stereocenters. The normalized spacial score (nSPS) is 15.9. The van der Waals surface area contributed by atoms with E-state index in [-0.39, 0.29) is 17.8 Å². The van der Waals surface area contributed by atoms with Gasteiger partial charge < -0.3 is 10.6 Å². The average molecular weight is 583 g/mol. The number of anilines is 2. The van der Waals surface area contributed by atoms with Gasteiger partial charge in [0, 0.05) is 28.9 Å². The maximum Gasteiger partial charge on any atom is 0.228 e. The van der Waals surface area contributed by atoms with Crippen LogP contribution in [0.15, 0.2) is 104 Å². The minimum Gasteiger partial charge on any atom is -0.375 e. The monoisotopic (exact) mass is 582 g/mol. The highest BCUT2D eigenvalue weighted by Gasteiger charge is 2.32. The zero-order valence-corrected chi connectivity index (χ0v) is 24.2. The van der Waals surface area contributed by atoms with E-state index in [9.17, 15) is 9.18 Å². The first-order valence-corrected chi connectivity index (χ1v) is 14.8. The van der Waals surface area contributed by atoms with E-state index >= 15 is 0 Å². The van der Waals surface area contributed by atoms with E-state index < -0.39 is 0 Å². The molecule has 4 heterocycles. The predicted molar refractivity (Wildman–Crippen MR) is 172 cm³/mol. The van der Waals surface area contributed by atoms with Crippen LogP contribution >= 0.6 is 0 Å². The number of benzene rings is 3. The molecule has 0 aliphatic carbocycles. The molecule has 0 saturated heterocycles. The Labute approximate surface area is 254 Å². The van der Waals surface area contributed by atoms with Crippen molar-refractivity contribution >= 4 is 28.2 Å². The van der Waals surface area contributed by atoms with Gasteiger partial charge in [0.1, 0.15) is 5.82 Å². The largest absolute Gasteiger partial charge is 0.375 e. The Morgan fingerprint density at radius 2 is 1.70 bits per heavy atom. The van der Waals surface area contributed by atoms with Crippen LogP contribution in [0, 0.1) is 11.7 Å². The molecular formula is C36H31FN6O. The Balaban J connectivity index is 1.17. The summed E-state index contributed by atoms with van der Waals surface area (Å²) in [6, 6.07) is 24.4. The smallest absolute Gasteiger partial charge is 0.228 e. The van der Waals surface area contributed by atoms with Crippen LogP contribution in [0.3, 0.4) is 0 Å². The number of carbonyl (C=O) groups excluding carboxylic acids is 1. The number of nitrogens with one attached hydrogen (secondary N) is 3. The lowest BCUT2D eigenvalue weighted by molar-refractivity contribution is -0.115. The van der Waals surface area contributed by atoms with Crippen molar-refractivity contribution in [3.8, 4) is 22.3 Å². The topological polar surface area (TPSA) is 95.6 Å². The van der Waals surface area contributed by atoms with E-state index in [4.69, 9.17) is 0 Å². The Hall–Kier alpha value is -5.37. The molecule has 3 aromatic heterocycles. The lowest BCUT2D eigenvalue weighted by Crippen LogP contribution is -2.28. The van der Waals surface area contributed by atoms with Gasteiger partial charge in [0.15, 0.2) is 0 Å². The van der Waals surface area contributed by atoms with E-state index in [1.165, 1.54) is 17.7 Å². The number of halogens is 1. The van der Waals surface area contributed by atoms with Gasteiger partial charge in [-0.05, 0) is 64.9 Å². The van der Waals surface area contributed by atoms with Gasteiger partial charge >= 0.3 is 0 Å². The molecule has 218 valence electrons. The van der Waals surface area contributed by atoms with Crippen LogP contribution < -0.4 is 10.6 Å². The number of carbonyl (C=O) groups is 1. The van der Waals surface area contributed by atoms with E-state index in [2.05, 4.69) is 43.8 Å². The van der Waals surface area contributed by atoms with Crippen LogP contribution in [0.2, 0.25) is 0 Å². The number of rotatable bonds is 7. The lowest BCUT2D eigenvalue weighted by Gasteiger charge is -2.34. The van der Waals surface area contributed by atoms with Crippen LogP contribution in [0.5, 0.6) is 0 Å². The Morgan fingerprint density at radius 3 is 2.52 bits per heavy atom. The van der Waals surface area contributed by atoms with Gasteiger partial charge in [-0.25, -0.2) is 4.39 Å². The van der Waals surface area contributed by atoms with E-state index in [1.807, 2.05) is 73.1 Å². The number of nitrogens with zero attached hydrogens (tertiary/aromatic N) is 3. The molecule has 0 spiro atoms. The maximum absolute atomic E-state index is 13.6. The molecule has 3 aromatic carbocycles. The Bertz CT molecular complexity index is 1950. The molecule has 1 amide bonds. The molecule has 7 rings (SSSR count). The number of amides is 1. The fourth-order valence-electron chi connectivity index (χ4n) is 6.16. The van der Waals surface area contributed by atoms with Crippen LogP contribution in [0.1, 0.15) is 36.2 Å². The fraction of sp³-hybridized carbons (Fsp3) is 0.167. The second-order valence-electron chi connectivity index (χ2n) is 11.3. The second-order valence-corrected chi connectivity index (χ2v) is 11.3. The molecule has 44 heavy (non-hydrogen) atoms. The van der Waals surface area contributed by atoms with E-state index in [1.54, 1.807) is 12.4 Å². The number of aromatic amines is 1. The number of hydrogen-bond donors (Lipinski definition) is 3. The molecule has 0 radical (unpaired) electrons. The quantitative estimate of drug-likeness (QED) is 0.179. The number of aromatic nitrogens is 4. The summed E-state index contributed by atoms with van der Waals surface area (Å²) in [5.74, 6) is -0.0489. The molecule has 1 aliphatic heterocycles. The fourth-order valence-corrected chi connectivity index (χ4v) is 6.16. The molecule has 8 heteroatoms. The first kappa shape index (κ1) is 27.5. The zero-order chi connectivity index (χ0) is 30.0. The molecule has 0 saturated carbocycles.